The Hall–Kier alpha value is -2.89. The highest BCUT2D eigenvalue weighted by molar-refractivity contribution is 5.92. The van der Waals surface area contributed by atoms with Gasteiger partial charge >= 0.3 is 0 Å². The number of aromatic nitrogens is 1. The summed E-state index contributed by atoms with van der Waals surface area (Å²) < 4.78 is 34.9. The van der Waals surface area contributed by atoms with Crippen LogP contribution in [0, 0.1) is 11.6 Å². The van der Waals surface area contributed by atoms with Crippen LogP contribution in [-0.2, 0) is 6.54 Å². The standard InChI is InChI=1S/C18H14F2N2O2/c19-12-5-6-13(14(20)11-12)17-15-3-1-7-21(15)8-9-22(17)18(23)16-4-2-10-24-16/h1-7,10-11,17H,8-9H2/t17-/m0/s1. The largest absolute Gasteiger partial charge is 0.459 e. The minimum Gasteiger partial charge on any atom is -0.459 e. The molecule has 0 aliphatic carbocycles. The maximum atomic E-state index is 14.4. The van der Waals surface area contributed by atoms with Crippen molar-refractivity contribution in [1.82, 2.24) is 9.47 Å². The molecule has 0 N–H and O–H groups in total. The molecule has 4 nitrogen and oxygen atoms in total. The van der Waals surface area contributed by atoms with E-state index in [1.807, 2.05) is 22.9 Å². The predicted molar refractivity (Wildman–Crippen MR) is 82.4 cm³/mol. The van der Waals surface area contributed by atoms with Crippen molar-refractivity contribution in [2.45, 2.75) is 12.6 Å². The molecule has 0 spiro atoms. The van der Waals surface area contributed by atoms with Crippen molar-refractivity contribution in [3.63, 3.8) is 0 Å². The second-order valence-electron chi connectivity index (χ2n) is 5.67. The van der Waals surface area contributed by atoms with Gasteiger partial charge in [-0.2, -0.15) is 0 Å². The summed E-state index contributed by atoms with van der Waals surface area (Å²) in [7, 11) is 0. The molecule has 1 aliphatic heterocycles. The van der Waals surface area contributed by atoms with Crippen molar-refractivity contribution in [3.8, 4) is 0 Å². The summed E-state index contributed by atoms with van der Waals surface area (Å²) in [6.45, 7) is 1.01. The van der Waals surface area contributed by atoms with Crippen molar-refractivity contribution in [2.75, 3.05) is 6.54 Å². The fourth-order valence-electron chi connectivity index (χ4n) is 3.19. The summed E-state index contributed by atoms with van der Waals surface area (Å²) in [4.78, 5) is 14.3. The predicted octanol–water partition coefficient (Wildman–Crippen LogP) is 3.60. The summed E-state index contributed by atoms with van der Waals surface area (Å²) in [5.74, 6) is -1.44. The van der Waals surface area contributed by atoms with Gasteiger partial charge in [0.1, 0.15) is 17.7 Å². The molecule has 24 heavy (non-hydrogen) atoms. The number of nitrogens with zero attached hydrogens (tertiary/aromatic N) is 2. The van der Waals surface area contributed by atoms with E-state index in [9.17, 15) is 13.6 Å². The number of hydrogen-bond donors (Lipinski definition) is 0. The van der Waals surface area contributed by atoms with Crippen molar-refractivity contribution in [2.24, 2.45) is 0 Å². The fraction of sp³-hybridized carbons (Fsp3) is 0.167. The number of carbonyl (C=O) groups excluding carboxylic acids is 1. The Kier molecular flexibility index (Phi) is 3.45. The van der Waals surface area contributed by atoms with E-state index in [4.69, 9.17) is 4.42 Å². The Morgan fingerprint density at radius 1 is 1.12 bits per heavy atom. The van der Waals surface area contributed by atoms with Gasteiger partial charge in [-0.3, -0.25) is 4.79 Å². The van der Waals surface area contributed by atoms with Gasteiger partial charge in [-0.05, 0) is 30.3 Å². The number of amides is 1. The van der Waals surface area contributed by atoms with Crippen LogP contribution in [-0.4, -0.2) is 21.9 Å². The molecule has 1 aliphatic rings. The number of benzene rings is 1. The van der Waals surface area contributed by atoms with Gasteiger partial charge in [0.15, 0.2) is 5.76 Å². The molecule has 6 heteroatoms. The third-order valence-electron chi connectivity index (χ3n) is 4.29. The minimum absolute atomic E-state index is 0.197. The average molecular weight is 328 g/mol. The third kappa shape index (κ3) is 2.31. The van der Waals surface area contributed by atoms with Crippen molar-refractivity contribution in [1.29, 1.82) is 0 Å². The number of hydrogen-bond acceptors (Lipinski definition) is 2. The van der Waals surface area contributed by atoms with Gasteiger partial charge < -0.3 is 13.9 Å². The number of fused-ring (bicyclic) bond motifs is 1. The molecule has 1 atom stereocenters. The van der Waals surface area contributed by atoms with Crippen LogP contribution in [0.1, 0.15) is 27.9 Å². The summed E-state index contributed by atoms with van der Waals surface area (Å²) in [6.07, 6.45) is 3.31. The average Bonchev–Trinajstić information content (AvgIpc) is 3.25. The van der Waals surface area contributed by atoms with Crippen LogP contribution in [0.4, 0.5) is 8.78 Å². The van der Waals surface area contributed by atoms with Gasteiger partial charge in [-0.15, -0.1) is 0 Å². The summed E-state index contributed by atoms with van der Waals surface area (Å²) in [5, 5.41) is 0. The fourth-order valence-corrected chi connectivity index (χ4v) is 3.19. The molecule has 0 fully saturated rings. The lowest BCUT2D eigenvalue weighted by atomic mass is 9.99. The van der Waals surface area contributed by atoms with Gasteiger partial charge in [0.05, 0.1) is 6.26 Å². The lowest BCUT2D eigenvalue weighted by Gasteiger charge is -2.37. The van der Waals surface area contributed by atoms with Gasteiger partial charge in [0.2, 0.25) is 0 Å². The van der Waals surface area contributed by atoms with Crippen molar-refractivity contribution >= 4 is 5.91 Å². The zero-order chi connectivity index (χ0) is 16.7. The van der Waals surface area contributed by atoms with Crippen LogP contribution in [0.5, 0.6) is 0 Å². The van der Waals surface area contributed by atoms with Crippen LogP contribution in [0.3, 0.4) is 0 Å². The second-order valence-corrected chi connectivity index (χ2v) is 5.67. The van der Waals surface area contributed by atoms with E-state index in [0.29, 0.717) is 13.1 Å². The van der Waals surface area contributed by atoms with E-state index in [1.54, 1.807) is 17.0 Å². The van der Waals surface area contributed by atoms with Crippen LogP contribution < -0.4 is 0 Å². The van der Waals surface area contributed by atoms with Crippen molar-refractivity contribution in [3.05, 3.63) is 83.6 Å². The molecular weight excluding hydrogens is 314 g/mol. The Morgan fingerprint density at radius 2 is 2.00 bits per heavy atom. The zero-order valence-electron chi connectivity index (χ0n) is 12.7. The minimum atomic E-state index is -0.674. The van der Waals surface area contributed by atoms with E-state index in [2.05, 4.69) is 0 Å². The summed E-state index contributed by atoms with van der Waals surface area (Å²) in [5.41, 5.74) is 1.04. The molecule has 0 saturated heterocycles. The van der Waals surface area contributed by atoms with Crippen LogP contribution >= 0.6 is 0 Å². The third-order valence-corrected chi connectivity index (χ3v) is 4.29. The molecule has 2 aromatic heterocycles. The maximum absolute atomic E-state index is 14.4. The monoisotopic (exact) mass is 328 g/mol. The normalized spacial score (nSPS) is 16.9. The number of carbonyl (C=O) groups is 1. The Morgan fingerprint density at radius 3 is 2.75 bits per heavy atom. The number of rotatable bonds is 2. The van der Waals surface area contributed by atoms with Gasteiger partial charge in [0.25, 0.3) is 5.91 Å². The Labute approximate surface area is 136 Å². The molecule has 122 valence electrons. The first-order valence-electron chi connectivity index (χ1n) is 7.59. The van der Waals surface area contributed by atoms with Gasteiger partial charge in [-0.25, -0.2) is 8.78 Å². The van der Waals surface area contributed by atoms with E-state index in [-0.39, 0.29) is 17.2 Å². The smallest absolute Gasteiger partial charge is 0.290 e. The van der Waals surface area contributed by atoms with Crippen molar-refractivity contribution < 1.29 is 18.0 Å². The Balaban J connectivity index is 1.83. The molecule has 0 saturated carbocycles. The molecule has 0 bridgehead atoms. The molecule has 1 amide bonds. The van der Waals surface area contributed by atoms with E-state index < -0.39 is 17.7 Å². The maximum Gasteiger partial charge on any atom is 0.290 e. The molecule has 4 rings (SSSR count). The highest BCUT2D eigenvalue weighted by Gasteiger charge is 2.35. The number of furan rings is 1. The first kappa shape index (κ1) is 14.7. The summed E-state index contributed by atoms with van der Waals surface area (Å²) >= 11 is 0. The van der Waals surface area contributed by atoms with Crippen LogP contribution in [0.2, 0.25) is 0 Å². The second kappa shape index (κ2) is 5.63. The highest BCUT2D eigenvalue weighted by atomic mass is 19.1. The SMILES string of the molecule is O=C(c1ccco1)N1CCn2cccc2[C@@H]1c1ccc(F)cc1F. The van der Waals surface area contributed by atoms with Gasteiger partial charge in [-0.1, -0.05) is 6.07 Å². The van der Waals surface area contributed by atoms with E-state index >= 15 is 0 Å². The quantitative estimate of drug-likeness (QED) is 0.721. The van der Waals surface area contributed by atoms with Crippen LogP contribution in [0.25, 0.3) is 0 Å². The first-order chi connectivity index (χ1) is 11.6. The van der Waals surface area contributed by atoms with Gasteiger partial charge in [0, 0.05) is 36.6 Å². The Bertz CT molecular complexity index is 886. The number of halogens is 2. The molecule has 1 aromatic carbocycles. The first-order valence-corrected chi connectivity index (χ1v) is 7.59. The molecular formula is C18H14F2N2O2. The topological polar surface area (TPSA) is 38.4 Å². The molecule has 0 radical (unpaired) electrons. The zero-order valence-corrected chi connectivity index (χ0v) is 12.7. The molecule has 0 unspecified atom stereocenters. The molecule has 3 heterocycles. The van der Waals surface area contributed by atoms with E-state index in [0.717, 1.165) is 11.8 Å². The lowest BCUT2D eigenvalue weighted by molar-refractivity contribution is 0.0628. The van der Waals surface area contributed by atoms with Crippen LogP contribution in [0.15, 0.2) is 59.3 Å². The lowest BCUT2D eigenvalue weighted by Crippen LogP contribution is -2.42. The summed E-state index contributed by atoms with van der Waals surface area (Å²) in [6, 6.07) is 9.70. The highest BCUT2D eigenvalue weighted by Crippen LogP contribution is 2.35. The molecule has 3 aromatic rings. The van der Waals surface area contributed by atoms with E-state index in [1.165, 1.54) is 18.4 Å².